The van der Waals surface area contributed by atoms with Crippen LogP contribution >= 0.6 is 0 Å². The smallest absolute Gasteiger partial charge is 0.308 e. The maximum absolute atomic E-state index is 12.3. The van der Waals surface area contributed by atoms with E-state index in [4.69, 9.17) is 4.74 Å². The average molecular weight is 373 g/mol. The Morgan fingerprint density at radius 2 is 2.07 bits per heavy atom. The van der Waals surface area contributed by atoms with E-state index in [0.29, 0.717) is 12.5 Å². The van der Waals surface area contributed by atoms with Gasteiger partial charge in [-0.2, -0.15) is 0 Å². The number of likely N-dealkylation sites (tertiary alicyclic amines) is 1. The number of nitrogens with one attached hydrogen (secondary N) is 1. The van der Waals surface area contributed by atoms with Gasteiger partial charge < -0.3 is 10.1 Å². The molecule has 3 rings (SSSR count). The van der Waals surface area contributed by atoms with E-state index in [2.05, 4.69) is 21.3 Å². The first-order valence-corrected chi connectivity index (χ1v) is 10.2. The molecular weight excluding hydrogens is 342 g/mol. The van der Waals surface area contributed by atoms with Gasteiger partial charge in [0.05, 0.1) is 13.0 Å². The topological polar surface area (TPSA) is 71.5 Å². The predicted molar refractivity (Wildman–Crippen MR) is 103 cm³/mol. The number of hydrogen-bond acceptors (Lipinski definition) is 5. The molecule has 1 aromatic rings. The fraction of sp³-hybridized carbons (Fsp3) is 0.667. The molecule has 1 aromatic heterocycles. The first-order valence-electron chi connectivity index (χ1n) is 10.2. The molecular formula is C21H31N3O3. The number of ether oxygens (including phenoxy) is 1. The third-order valence-corrected chi connectivity index (χ3v) is 5.91. The quantitative estimate of drug-likeness (QED) is 0.744. The number of methoxy groups -OCH3 is 1. The summed E-state index contributed by atoms with van der Waals surface area (Å²) >= 11 is 0. The second-order valence-corrected chi connectivity index (χ2v) is 7.72. The van der Waals surface area contributed by atoms with Crippen molar-refractivity contribution in [2.24, 2.45) is 5.92 Å². The standard InChI is InChI=1S/C21H31N3O3/c1-27-21(26)16-8-10-18(11-9-16)23-20(25)7-4-14-24-13-3-6-19(24)17-5-2-12-22-15-17/h2,5,12,15-16,18-19H,3-4,6-11,13-14H2,1H3,(H,23,25)/t16-,18+,19-/m0/s1. The number of aromatic nitrogens is 1. The minimum absolute atomic E-state index is 0.00253. The van der Waals surface area contributed by atoms with Crippen molar-refractivity contribution in [2.75, 3.05) is 20.2 Å². The molecule has 0 unspecified atom stereocenters. The monoisotopic (exact) mass is 373 g/mol. The molecule has 1 saturated heterocycles. The molecule has 0 radical (unpaired) electrons. The molecule has 0 spiro atoms. The van der Waals surface area contributed by atoms with Crippen molar-refractivity contribution >= 4 is 11.9 Å². The van der Waals surface area contributed by atoms with Crippen molar-refractivity contribution in [3.63, 3.8) is 0 Å². The van der Waals surface area contributed by atoms with Crippen molar-refractivity contribution in [1.29, 1.82) is 0 Å². The molecule has 148 valence electrons. The maximum Gasteiger partial charge on any atom is 0.308 e. The van der Waals surface area contributed by atoms with Crippen molar-refractivity contribution in [3.8, 4) is 0 Å². The highest BCUT2D eigenvalue weighted by molar-refractivity contribution is 5.76. The molecule has 0 aromatic carbocycles. The third-order valence-electron chi connectivity index (χ3n) is 5.91. The Kier molecular flexibility index (Phi) is 7.21. The predicted octanol–water partition coefficient (Wildman–Crippen LogP) is 2.85. The molecule has 27 heavy (non-hydrogen) atoms. The van der Waals surface area contributed by atoms with E-state index in [1.807, 2.05) is 18.5 Å². The highest BCUT2D eigenvalue weighted by Gasteiger charge is 2.28. The number of pyridine rings is 1. The molecule has 1 amide bonds. The van der Waals surface area contributed by atoms with Crippen LogP contribution in [0.15, 0.2) is 24.5 Å². The Labute approximate surface area is 161 Å². The lowest BCUT2D eigenvalue weighted by atomic mass is 9.86. The van der Waals surface area contributed by atoms with Gasteiger partial charge in [-0.05, 0) is 69.7 Å². The van der Waals surface area contributed by atoms with Gasteiger partial charge in [0.2, 0.25) is 5.91 Å². The van der Waals surface area contributed by atoms with Crippen molar-refractivity contribution in [1.82, 2.24) is 15.2 Å². The van der Waals surface area contributed by atoms with Crippen LogP contribution in [0.5, 0.6) is 0 Å². The minimum atomic E-state index is -0.117. The van der Waals surface area contributed by atoms with Crippen LogP contribution in [0.4, 0.5) is 0 Å². The summed E-state index contributed by atoms with van der Waals surface area (Å²) in [7, 11) is 1.44. The van der Waals surface area contributed by atoms with Crippen LogP contribution in [0.3, 0.4) is 0 Å². The van der Waals surface area contributed by atoms with E-state index in [0.717, 1.165) is 45.2 Å². The van der Waals surface area contributed by atoms with Crippen LogP contribution in [-0.2, 0) is 14.3 Å². The van der Waals surface area contributed by atoms with Crippen LogP contribution in [0.2, 0.25) is 0 Å². The van der Waals surface area contributed by atoms with Gasteiger partial charge in [-0.15, -0.1) is 0 Å². The zero-order valence-corrected chi connectivity index (χ0v) is 16.2. The van der Waals surface area contributed by atoms with Gasteiger partial charge in [0, 0.05) is 30.9 Å². The Morgan fingerprint density at radius 1 is 1.26 bits per heavy atom. The second kappa shape index (κ2) is 9.83. The van der Waals surface area contributed by atoms with E-state index in [1.54, 1.807) is 0 Å². The minimum Gasteiger partial charge on any atom is -0.469 e. The Morgan fingerprint density at radius 3 is 2.78 bits per heavy atom. The molecule has 2 fully saturated rings. The molecule has 1 aliphatic heterocycles. The van der Waals surface area contributed by atoms with E-state index in [-0.39, 0.29) is 23.8 Å². The van der Waals surface area contributed by atoms with Gasteiger partial charge in [0.25, 0.3) is 0 Å². The summed E-state index contributed by atoms with van der Waals surface area (Å²) in [5, 5.41) is 3.15. The molecule has 2 heterocycles. The van der Waals surface area contributed by atoms with Crippen molar-refractivity contribution in [2.45, 2.75) is 63.5 Å². The van der Waals surface area contributed by atoms with Gasteiger partial charge in [-0.3, -0.25) is 19.5 Å². The molecule has 6 heteroatoms. The number of carbonyl (C=O) groups is 2. The maximum atomic E-state index is 12.3. The number of hydrogen-bond donors (Lipinski definition) is 1. The van der Waals surface area contributed by atoms with Crippen molar-refractivity contribution < 1.29 is 14.3 Å². The molecule has 2 aliphatic rings. The highest BCUT2D eigenvalue weighted by Crippen LogP contribution is 2.31. The summed E-state index contributed by atoms with van der Waals surface area (Å²) in [5.41, 5.74) is 1.28. The van der Waals surface area contributed by atoms with Gasteiger partial charge in [-0.25, -0.2) is 0 Å². The normalized spacial score (nSPS) is 25.9. The van der Waals surface area contributed by atoms with Crippen LogP contribution < -0.4 is 5.32 Å². The molecule has 1 saturated carbocycles. The summed E-state index contributed by atoms with van der Waals surface area (Å²) in [5.74, 6) is 0.0185. The lowest BCUT2D eigenvalue weighted by Crippen LogP contribution is -2.39. The lowest BCUT2D eigenvalue weighted by molar-refractivity contribution is -0.146. The SMILES string of the molecule is COC(=O)[C@H]1CC[C@@H](NC(=O)CCCN2CCC[C@H]2c2cccnc2)CC1. The fourth-order valence-corrected chi connectivity index (χ4v) is 4.43. The van der Waals surface area contributed by atoms with Crippen LogP contribution in [0.25, 0.3) is 0 Å². The average Bonchev–Trinajstić information content (AvgIpc) is 3.17. The van der Waals surface area contributed by atoms with E-state index >= 15 is 0 Å². The lowest BCUT2D eigenvalue weighted by Gasteiger charge is -2.28. The zero-order valence-electron chi connectivity index (χ0n) is 16.2. The molecule has 0 bridgehead atoms. The fourth-order valence-electron chi connectivity index (χ4n) is 4.43. The summed E-state index contributed by atoms with van der Waals surface area (Å²) < 4.78 is 4.81. The Hall–Kier alpha value is -1.95. The summed E-state index contributed by atoms with van der Waals surface area (Å²) in [4.78, 5) is 30.6. The van der Waals surface area contributed by atoms with Gasteiger partial charge in [0.1, 0.15) is 0 Å². The van der Waals surface area contributed by atoms with E-state index < -0.39 is 0 Å². The first-order chi connectivity index (χ1) is 13.2. The number of nitrogens with zero attached hydrogens (tertiary/aromatic N) is 2. The number of amides is 1. The largest absolute Gasteiger partial charge is 0.469 e. The zero-order chi connectivity index (χ0) is 19.1. The third kappa shape index (κ3) is 5.51. The van der Waals surface area contributed by atoms with Gasteiger partial charge in [-0.1, -0.05) is 6.07 Å². The molecule has 6 nitrogen and oxygen atoms in total. The summed E-state index contributed by atoms with van der Waals surface area (Å²) in [6, 6.07) is 4.78. The van der Waals surface area contributed by atoms with Gasteiger partial charge >= 0.3 is 5.97 Å². The Balaban J connectivity index is 1.36. The number of rotatable bonds is 7. The number of esters is 1. The van der Waals surface area contributed by atoms with Crippen LogP contribution in [0.1, 0.15) is 63.0 Å². The number of carbonyl (C=O) groups excluding carboxylic acids is 2. The summed E-state index contributed by atoms with van der Waals surface area (Å²) in [6.07, 6.45) is 10.9. The van der Waals surface area contributed by atoms with E-state index in [9.17, 15) is 9.59 Å². The second-order valence-electron chi connectivity index (χ2n) is 7.72. The molecule has 1 atom stereocenters. The highest BCUT2D eigenvalue weighted by atomic mass is 16.5. The van der Waals surface area contributed by atoms with E-state index in [1.165, 1.54) is 25.5 Å². The Bertz CT molecular complexity index is 614. The molecule has 1 aliphatic carbocycles. The van der Waals surface area contributed by atoms with Crippen LogP contribution in [0, 0.1) is 5.92 Å². The van der Waals surface area contributed by atoms with Crippen LogP contribution in [-0.4, -0.2) is 48.0 Å². The molecule has 1 N–H and O–H groups in total. The summed E-state index contributed by atoms with van der Waals surface area (Å²) in [6.45, 7) is 2.04. The first kappa shape index (κ1) is 19.8. The van der Waals surface area contributed by atoms with Gasteiger partial charge in [0.15, 0.2) is 0 Å². The van der Waals surface area contributed by atoms with Crippen molar-refractivity contribution in [3.05, 3.63) is 30.1 Å².